The van der Waals surface area contributed by atoms with E-state index in [0.717, 1.165) is 44.9 Å². The van der Waals surface area contributed by atoms with E-state index in [4.69, 9.17) is 34.7 Å². The molecular formula is C17H32Cl2N2. The minimum atomic E-state index is -0.372. The molecule has 0 radical (unpaired) electrons. The van der Waals surface area contributed by atoms with E-state index in [1.54, 1.807) is 0 Å². The Kier molecular flexibility index (Phi) is 4.71. The van der Waals surface area contributed by atoms with E-state index in [9.17, 15) is 0 Å². The zero-order chi connectivity index (χ0) is 16.1. The van der Waals surface area contributed by atoms with Gasteiger partial charge in [-0.25, -0.2) is 0 Å². The zero-order valence-electron chi connectivity index (χ0n) is 14.0. The summed E-state index contributed by atoms with van der Waals surface area (Å²) in [5.74, 6) is 0. The summed E-state index contributed by atoms with van der Waals surface area (Å²) >= 11 is 13.9. The van der Waals surface area contributed by atoms with Crippen molar-refractivity contribution < 1.29 is 0 Å². The molecule has 4 heteroatoms. The Hall–Kier alpha value is 0.500. The van der Waals surface area contributed by atoms with Crippen LogP contribution in [0.4, 0.5) is 0 Å². The summed E-state index contributed by atoms with van der Waals surface area (Å²) < 4.78 is 0. The van der Waals surface area contributed by atoms with Crippen LogP contribution in [-0.2, 0) is 0 Å². The molecule has 2 fully saturated rings. The van der Waals surface area contributed by atoms with E-state index in [1.807, 2.05) is 0 Å². The highest BCUT2D eigenvalue weighted by molar-refractivity contribution is 6.25. The van der Waals surface area contributed by atoms with E-state index in [1.165, 1.54) is 0 Å². The molecule has 0 amide bonds. The van der Waals surface area contributed by atoms with Crippen LogP contribution >= 0.6 is 23.2 Å². The fourth-order valence-corrected chi connectivity index (χ4v) is 5.27. The van der Waals surface area contributed by atoms with Gasteiger partial charge in [-0.15, -0.1) is 23.2 Å². The number of halogens is 2. The zero-order valence-corrected chi connectivity index (χ0v) is 15.5. The summed E-state index contributed by atoms with van der Waals surface area (Å²) in [6.45, 7) is 8.85. The Morgan fingerprint density at radius 1 is 0.810 bits per heavy atom. The Morgan fingerprint density at radius 2 is 1.14 bits per heavy atom. The summed E-state index contributed by atoms with van der Waals surface area (Å²) in [4.78, 5) is -0.745. The SMILES string of the molecule is CC1(CC2(C)CCCC(N)C2(C)Cl)CCCC(N)C1(C)Cl. The molecule has 2 aliphatic rings. The van der Waals surface area contributed by atoms with Gasteiger partial charge in [-0.3, -0.25) is 0 Å². The van der Waals surface area contributed by atoms with Crippen LogP contribution in [0.5, 0.6) is 0 Å². The lowest BCUT2D eigenvalue weighted by atomic mass is 9.53. The molecule has 4 N–H and O–H groups in total. The van der Waals surface area contributed by atoms with E-state index in [-0.39, 0.29) is 32.7 Å². The molecule has 0 bridgehead atoms. The van der Waals surface area contributed by atoms with Gasteiger partial charge in [0.1, 0.15) is 0 Å². The molecule has 2 rings (SSSR count). The van der Waals surface area contributed by atoms with Crippen molar-refractivity contribution >= 4 is 23.2 Å². The van der Waals surface area contributed by atoms with E-state index in [0.29, 0.717) is 0 Å². The lowest BCUT2D eigenvalue weighted by Gasteiger charge is -2.58. The van der Waals surface area contributed by atoms with Crippen molar-refractivity contribution in [2.24, 2.45) is 22.3 Å². The highest BCUT2D eigenvalue weighted by Gasteiger charge is 2.57. The van der Waals surface area contributed by atoms with Crippen LogP contribution in [0.25, 0.3) is 0 Å². The molecule has 6 unspecified atom stereocenters. The summed E-state index contributed by atoms with van der Waals surface area (Å²) in [5, 5.41) is 0. The molecule has 6 atom stereocenters. The normalized spacial score (nSPS) is 55.4. The van der Waals surface area contributed by atoms with Gasteiger partial charge in [0.15, 0.2) is 0 Å². The largest absolute Gasteiger partial charge is 0.326 e. The molecule has 124 valence electrons. The molecule has 2 saturated carbocycles. The van der Waals surface area contributed by atoms with Crippen LogP contribution in [0.3, 0.4) is 0 Å². The Labute approximate surface area is 140 Å². The first-order chi connectivity index (χ1) is 9.46. The first kappa shape index (κ1) is 17.8. The molecule has 0 saturated heterocycles. The maximum atomic E-state index is 6.94. The second-order valence-corrected chi connectivity index (χ2v) is 10.0. The number of nitrogens with two attached hydrogens (primary N) is 2. The smallest absolute Gasteiger partial charge is 0.0622 e. The number of hydrogen-bond donors (Lipinski definition) is 2. The van der Waals surface area contributed by atoms with Crippen LogP contribution in [-0.4, -0.2) is 21.8 Å². The summed E-state index contributed by atoms with van der Waals surface area (Å²) in [7, 11) is 0. The van der Waals surface area contributed by atoms with Crippen molar-refractivity contribution in [3.63, 3.8) is 0 Å². The standard InChI is InChI=1S/C17H32Cl2N2/c1-14(9-5-7-12(20)16(14,3)18)11-15(2)10-6-8-13(21)17(15,4)19/h12-13H,5-11,20-21H2,1-4H3. The predicted octanol–water partition coefficient (Wildman–Crippen LogP) is 4.41. The maximum Gasteiger partial charge on any atom is 0.0622 e. The number of hydrogen-bond acceptors (Lipinski definition) is 2. The highest BCUT2D eigenvalue weighted by Crippen LogP contribution is 2.59. The average molecular weight is 335 g/mol. The quantitative estimate of drug-likeness (QED) is 0.735. The fourth-order valence-electron chi connectivity index (χ4n) is 4.73. The summed E-state index contributed by atoms with van der Waals surface area (Å²) in [6, 6.07) is 0.112. The van der Waals surface area contributed by atoms with Gasteiger partial charge < -0.3 is 11.5 Å². The molecule has 0 aromatic rings. The second kappa shape index (κ2) is 5.54. The lowest BCUT2D eigenvalue weighted by molar-refractivity contribution is 0.0186. The van der Waals surface area contributed by atoms with Crippen LogP contribution < -0.4 is 11.5 Å². The summed E-state index contributed by atoms with van der Waals surface area (Å²) in [6.07, 6.45) is 7.59. The molecule has 2 aliphatic carbocycles. The summed E-state index contributed by atoms with van der Waals surface area (Å²) in [5.41, 5.74) is 12.7. The van der Waals surface area contributed by atoms with Crippen molar-refractivity contribution in [2.45, 2.75) is 94.5 Å². The van der Waals surface area contributed by atoms with Crippen LogP contribution in [0.1, 0.15) is 72.6 Å². The van der Waals surface area contributed by atoms with Gasteiger partial charge in [0.25, 0.3) is 0 Å². The fraction of sp³-hybridized carbons (Fsp3) is 1.00. The van der Waals surface area contributed by atoms with Crippen molar-refractivity contribution in [1.29, 1.82) is 0 Å². The minimum absolute atomic E-state index is 0.00812. The molecule has 0 aromatic carbocycles. The first-order valence-electron chi connectivity index (χ1n) is 8.35. The predicted molar refractivity (Wildman–Crippen MR) is 93.0 cm³/mol. The van der Waals surface area contributed by atoms with Gasteiger partial charge in [0.05, 0.1) is 9.75 Å². The van der Waals surface area contributed by atoms with E-state index < -0.39 is 0 Å². The third-order valence-corrected chi connectivity index (χ3v) is 8.49. The average Bonchev–Trinajstić information content (AvgIpc) is 2.34. The van der Waals surface area contributed by atoms with Gasteiger partial charge in [0.2, 0.25) is 0 Å². The Bertz CT molecular complexity index is 360. The first-order valence-corrected chi connectivity index (χ1v) is 9.11. The number of alkyl halides is 2. The topological polar surface area (TPSA) is 52.0 Å². The molecule has 0 aromatic heterocycles. The monoisotopic (exact) mass is 334 g/mol. The van der Waals surface area contributed by atoms with E-state index in [2.05, 4.69) is 27.7 Å². The van der Waals surface area contributed by atoms with Crippen LogP contribution in [0, 0.1) is 10.8 Å². The Morgan fingerprint density at radius 3 is 1.48 bits per heavy atom. The maximum absolute atomic E-state index is 6.94. The van der Waals surface area contributed by atoms with Crippen molar-refractivity contribution in [3.05, 3.63) is 0 Å². The lowest BCUT2D eigenvalue weighted by Crippen LogP contribution is -2.61. The van der Waals surface area contributed by atoms with Gasteiger partial charge in [-0.1, -0.05) is 26.7 Å². The highest BCUT2D eigenvalue weighted by atomic mass is 35.5. The van der Waals surface area contributed by atoms with Crippen molar-refractivity contribution in [1.82, 2.24) is 0 Å². The second-order valence-electron chi connectivity index (χ2n) is 8.45. The van der Waals surface area contributed by atoms with Crippen LogP contribution in [0.2, 0.25) is 0 Å². The Balaban J connectivity index is 2.30. The van der Waals surface area contributed by atoms with Gasteiger partial charge in [-0.2, -0.15) is 0 Å². The molecule has 0 heterocycles. The van der Waals surface area contributed by atoms with Crippen molar-refractivity contribution in [2.75, 3.05) is 0 Å². The van der Waals surface area contributed by atoms with Crippen LogP contribution in [0.15, 0.2) is 0 Å². The van der Waals surface area contributed by atoms with E-state index >= 15 is 0 Å². The molecular weight excluding hydrogens is 303 g/mol. The molecule has 2 nitrogen and oxygen atoms in total. The molecule has 0 aliphatic heterocycles. The van der Waals surface area contributed by atoms with Gasteiger partial charge in [0, 0.05) is 12.1 Å². The third kappa shape index (κ3) is 2.75. The van der Waals surface area contributed by atoms with Gasteiger partial charge in [-0.05, 0) is 56.8 Å². The third-order valence-electron chi connectivity index (χ3n) is 7.02. The molecule has 0 spiro atoms. The van der Waals surface area contributed by atoms with Gasteiger partial charge >= 0.3 is 0 Å². The minimum Gasteiger partial charge on any atom is -0.326 e. The number of rotatable bonds is 2. The van der Waals surface area contributed by atoms with Crippen molar-refractivity contribution in [3.8, 4) is 0 Å². The molecule has 21 heavy (non-hydrogen) atoms.